The van der Waals surface area contributed by atoms with E-state index < -0.39 is 23.9 Å². The van der Waals surface area contributed by atoms with Gasteiger partial charge in [0.05, 0.1) is 18.1 Å². The van der Waals surface area contributed by atoms with Gasteiger partial charge < -0.3 is 9.47 Å². The van der Waals surface area contributed by atoms with Gasteiger partial charge in [-0.1, -0.05) is 0 Å². The predicted octanol–water partition coefficient (Wildman–Crippen LogP) is 3.99. The molecule has 2 heterocycles. The van der Waals surface area contributed by atoms with Gasteiger partial charge in [0.2, 0.25) is 0 Å². The molecule has 25 heavy (non-hydrogen) atoms. The molecular weight excluding hydrogens is 349 g/mol. The van der Waals surface area contributed by atoms with Crippen molar-refractivity contribution in [1.29, 1.82) is 0 Å². The van der Waals surface area contributed by atoms with Crippen LogP contribution in [-0.4, -0.2) is 27.8 Å². The molecule has 0 atom stereocenters. The minimum Gasteiger partial charge on any atom is -0.406 e. The molecular formula is C15H10F5N3O2. The quantitative estimate of drug-likeness (QED) is 0.661. The van der Waals surface area contributed by atoms with Gasteiger partial charge in [0.25, 0.3) is 0 Å². The van der Waals surface area contributed by atoms with Gasteiger partial charge in [-0.3, -0.25) is 9.38 Å². The molecule has 0 N–H and O–H groups in total. The van der Waals surface area contributed by atoms with E-state index in [1.807, 2.05) is 0 Å². The number of hydrogen-bond donors (Lipinski definition) is 0. The van der Waals surface area contributed by atoms with Crippen LogP contribution in [0.2, 0.25) is 0 Å². The molecule has 1 aromatic carbocycles. The summed E-state index contributed by atoms with van der Waals surface area (Å²) in [6.45, 7) is 0. The van der Waals surface area contributed by atoms with E-state index in [1.165, 1.54) is 24.5 Å². The average Bonchev–Trinajstić information content (AvgIpc) is 2.98. The highest BCUT2D eigenvalue weighted by molar-refractivity contribution is 5.61. The lowest BCUT2D eigenvalue weighted by Crippen LogP contribution is -2.18. The zero-order valence-electron chi connectivity index (χ0n) is 12.6. The van der Waals surface area contributed by atoms with Crippen molar-refractivity contribution in [2.45, 2.75) is 12.5 Å². The normalized spacial score (nSPS) is 12.6. The molecule has 0 spiro atoms. The molecule has 0 unspecified atom stereocenters. The van der Waals surface area contributed by atoms with Crippen molar-refractivity contribution in [1.82, 2.24) is 14.4 Å². The topological polar surface area (TPSA) is 48.7 Å². The van der Waals surface area contributed by atoms with Crippen molar-refractivity contribution in [3.63, 3.8) is 0 Å². The van der Waals surface area contributed by atoms with Crippen LogP contribution in [0.4, 0.5) is 22.0 Å². The Morgan fingerprint density at radius 1 is 0.960 bits per heavy atom. The first-order valence-corrected chi connectivity index (χ1v) is 6.82. The minimum atomic E-state index is -4.80. The van der Waals surface area contributed by atoms with Crippen LogP contribution in [0.1, 0.15) is 5.69 Å². The van der Waals surface area contributed by atoms with Crippen molar-refractivity contribution in [3.05, 3.63) is 48.5 Å². The molecule has 0 saturated heterocycles. The summed E-state index contributed by atoms with van der Waals surface area (Å²) in [4.78, 5) is 7.89. The highest BCUT2D eigenvalue weighted by Crippen LogP contribution is 2.30. The fourth-order valence-electron chi connectivity index (χ4n) is 2.19. The number of fused-ring (bicyclic) bond motifs is 1. The molecule has 0 aliphatic heterocycles. The minimum absolute atomic E-state index is 0.174. The highest BCUT2D eigenvalue weighted by Gasteiger charge is 2.35. The van der Waals surface area contributed by atoms with E-state index in [0.29, 0.717) is 5.56 Å². The maximum absolute atomic E-state index is 13.8. The van der Waals surface area contributed by atoms with E-state index in [2.05, 4.69) is 19.4 Å². The summed E-state index contributed by atoms with van der Waals surface area (Å²) in [7, 11) is 0.862. The second-order valence-corrected chi connectivity index (χ2v) is 4.94. The first-order chi connectivity index (χ1) is 11.7. The summed E-state index contributed by atoms with van der Waals surface area (Å²) >= 11 is 0. The van der Waals surface area contributed by atoms with Crippen molar-refractivity contribution in [2.24, 2.45) is 0 Å². The number of methoxy groups -OCH3 is 1. The molecule has 0 aliphatic carbocycles. The summed E-state index contributed by atoms with van der Waals surface area (Å²) in [5, 5.41) is 0. The number of nitrogens with zero attached hydrogens (tertiary/aromatic N) is 3. The summed E-state index contributed by atoms with van der Waals surface area (Å²) in [5.41, 5.74) is 0.354. The molecule has 0 amide bonds. The van der Waals surface area contributed by atoms with E-state index in [1.54, 1.807) is 0 Å². The lowest BCUT2D eigenvalue weighted by Gasteiger charge is -2.13. The SMILES string of the molecule is COC(F)(F)c1cnc2cnc(-c3ccc(OC(F)(F)F)cc3)cn12. The second-order valence-electron chi connectivity index (χ2n) is 4.94. The molecule has 10 heteroatoms. The number of ether oxygens (including phenoxy) is 2. The lowest BCUT2D eigenvalue weighted by molar-refractivity contribution is -0.274. The van der Waals surface area contributed by atoms with Crippen LogP contribution in [0.5, 0.6) is 5.75 Å². The second kappa shape index (κ2) is 5.96. The van der Waals surface area contributed by atoms with Crippen LogP contribution >= 0.6 is 0 Å². The van der Waals surface area contributed by atoms with Crippen molar-refractivity contribution < 1.29 is 31.4 Å². The molecule has 0 bridgehead atoms. The summed E-state index contributed by atoms with van der Waals surface area (Å²) < 4.78 is 73.1. The van der Waals surface area contributed by atoms with Gasteiger partial charge in [-0.15, -0.1) is 13.2 Å². The van der Waals surface area contributed by atoms with Gasteiger partial charge in [-0.25, -0.2) is 4.98 Å². The van der Waals surface area contributed by atoms with Crippen molar-refractivity contribution in [2.75, 3.05) is 7.11 Å². The number of aromatic nitrogens is 3. The summed E-state index contributed by atoms with van der Waals surface area (Å²) in [6.07, 6.45) is -4.82. The maximum atomic E-state index is 13.8. The van der Waals surface area contributed by atoms with Gasteiger partial charge in [-0.05, 0) is 24.3 Å². The molecule has 2 aromatic heterocycles. The third kappa shape index (κ3) is 3.53. The number of benzene rings is 1. The van der Waals surface area contributed by atoms with Crippen LogP contribution in [0.15, 0.2) is 42.9 Å². The Morgan fingerprint density at radius 3 is 2.24 bits per heavy atom. The van der Waals surface area contributed by atoms with Crippen LogP contribution < -0.4 is 4.74 Å². The Balaban J connectivity index is 1.98. The van der Waals surface area contributed by atoms with E-state index in [-0.39, 0.29) is 11.3 Å². The largest absolute Gasteiger partial charge is 0.573 e. The van der Waals surface area contributed by atoms with Gasteiger partial charge in [0.15, 0.2) is 5.65 Å². The summed E-state index contributed by atoms with van der Waals surface area (Å²) in [5.74, 6) is -0.397. The number of halogens is 5. The van der Waals surface area contributed by atoms with E-state index in [0.717, 1.165) is 29.8 Å². The Kier molecular flexibility index (Phi) is 4.07. The fourth-order valence-corrected chi connectivity index (χ4v) is 2.19. The van der Waals surface area contributed by atoms with Gasteiger partial charge in [0.1, 0.15) is 11.4 Å². The predicted molar refractivity (Wildman–Crippen MR) is 76.0 cm³/mol. The van der Waals surface area contributed by atoms with Crippen LogP contribution in [0.25, 0.3) is 16.9 Å². The zero-order chi connectivity index (χ0) is 18.2. The fraction of sp³-hybridized carbons (Fsp3) is 0.200. The van der Waals surface area contributed by atoms with Crippen LogP contribution in [0, 0.1) is 0 Å². The molecule has 3 rings (SSSR count). The third-order valence-electron chi connectivity index (χ3n) is 3.33. The Morgan fingerprint density at radius 2 is 1.64 bits per heavy atom. The lowest BCUT2D eigenvalue weighted by atomic mass is 10.1. The third-order valence-corrected chi connectivity index (χ3v) is 3.33. The monoisotopic (exact) mass is 359 g/mol. The Hall–Kier alpha value is -2.75. The molecule has 0 fully saturated rings. The van der Waals surface area contributed by atoms with E-state index >= 15 is 0 Å². The first-order valence-electron chi connectivity index (χ1n) is 6.82. The maximum Gasteiger partial charge on any atom is 0.573 e. The number of imidazole rings is 1. The standard InChI is InChI=1S/C15H10F5N3O2/c1-24-14(16,17)12-6-22-13-7-21-11(8-23(12)13)9-2-4-10(5-3-9)25-15(18,19)20/h2-8H,1H3. The van der Waals surface area contributed by atoms with Crippen LogP contribution in [-0.2, 0) is 10.8 Å². The van der Waals surface area contributed by atoms with Gasteiger partial charge in [0, 0.05) is 18.9 Å². The summed E-state index contributed by atoms with van der Waals surface area (Å²) in [6, 6.07) is 4.88. The first kappa shape index (κ1) is 17.1. The molecule has 5 nitrogen and oxygen atoms in total. The zero-order valence-corrected chi connectivity index (χ0v) is 12.6. The van der Waals surface area contributed by atoms with E-state index in [9.17, 15) is 22.0 Å². The smallest absolute Gasteiger partial charge is 0.406 e. The number of alkyl halides is 5. The molecule has 3 aromatic rings. The molecule has 132 valence electrons. The Bertz CT molecular complexity index is 890. The van der Waals surface area contributed by atoms with Gasteiger partial charge >= 0.3 is 12.5 Å². The van der Waals surface area contributed by atoms with Gasteiger partial charge in [-0.2, -0.15) is 8.78 Å². The van der Waals surface area contributed by atoms with E-state index in [4.69, 9.17) is 0 Å². The highest BCUT2D eigenvalue weighted by atomic mass is 19.4. The number of hydrogen-bond acceptors (Lipinski definition) is 4. The molecule has 0 saturated carbocycles. The van der Waals surface area contributed by atoms with Crippen LogP contribution in [0.3, 0.4) is 0 Å². The molecule has 0 radical (unpaired) electrons. The number of rotatable bonds is 4. The average molecular weight is 359 g/mol. The van der Waals surface area contributed by atoms with Crippen molar-refractivity contribution >= 4 is 5.65 Å². The Labute approximate surface area is 137 Å². The van der Waals surface area contributed by atoms with Crippen molar-refractivity contribution in [3.8, 4) is 17.0 Å². The molecule has 0 aliphatic rings.